The summed E-state index contributed by atoms with van der Waals surface area (Å²) in [5.41, 5.74) is 2.71. The summed E-state index contributed by atoms with van der Waals surface area (Å²) in [5, 5.41) is 0. The van der Waals surface area contributed by atoms with Crippen LogP contribution < -0.4 is 9.47 Å². The van der Waals surface area contributed by atoms with Crippen LogP contribution in [0.4, 0.5) is 0 Å². The van der Waals surface area contributed by atoms with Crippen LogP contribution in [0.1, 0.15) is 17.5 Å². The molecule has 1 fully saturated rings. The fraction of sp³-hybridized carbons (Fsp3) is 0.429. The van der Waals surface area contributed by atoms with E-state index in [2.05, 4.69) is 24.3 Å². The highest BCUT2D eigenvalue weighted by molar-refractivity contribution is 5.28. The maximum absolute atomic E-state index is 5.88. The summed E-state index contributed by atoms with van der Waals surface area (Å²) in [5.74, 6) is 3.01. The van der Waals surface area contributed by atoms with E-state index in [0.29, 0.717) is 11.8 Å². The van der Waals surface area contributed by atoms with Crippen LogP contribution in [0.3, 0.4) is 0 Å². The minimum absolute atomic E-state index is 0.593. The molecule has 24 heavy (non-hydrogen) atoms. The summed E-state index contributed by atoms with van der Waals surface area (Å²) >= 11 is 0. The van der Waals surface area contributed by atoms with Gasteiger partial charge >= 0.3 is 0 Å². The van der Waals surface area contributed by atoms with Crippen molar-refractivity contribution >= 4 is 0 Å². The Morgan fingerprint density at radius 2 is 1.17 bits per heavy atom. The molecule has 2 atom stereocenters. The third-order valence-corrected chi connectivity index (χ3v) is 4.74. The monoisotopic (exact) mass is 326 g/mol. The van der Waals surface area contributed by atoms with E-state index < -0.39 is 0 Å². The standard InChI is InChI=1S/C21H26O3/c1-22-20-7-3-16(4-8-20)11-18-13-19(15-24-14-18)12-17-5-9-21(23-2)10-6-17/h3-10,18-19H,11-15H2,1-2H3/t18-,19-/m0/s1. The van der Waals surface area contributed by atoms with Gasteiger partial charge in [-0.25, -0.2) is 0 Å². The lowest BCUT2D eigenvalue weighted by Gasteiger charge is -2.29. The molecule has 128 valence electrons. The van der Waals surface area contributed by atoms with Crippen molar-refractivity contribution in [3.63, 3.8) is 0 Å². The molecule has 1 heterocycles. The second-order valence-corrected chi connectivity index (χ2v) is 6.61. The quantitative estimate of drug-likeness (QED) is 0.798. The van der Waals surface area contributed by atoms with E-state index in [4.69, 9.17) is 14.2 Å². The molecule has 2 aromatic rings. The molecule has 3 nitrogen and oxygen atoms in total. The third-order valence-electron chi connectivity index (χ3n) is 4.74. The summed E-state index contributed by atoms with van der Waals surface area (Å²) in [6.07, 6.45) is 3.37. The highest BCUT2D eigenvalue weighted by atomic mass is 16.5. The van der Waals surface area contributed by atoms with Crippen LogP contribution in [0.2, 0.25) is 0 Å². The van der Waals surface area contributed by atoms with E-state index in [1.165, 1.54) is 17.5 Å². The van der Waals surface area contributed by atoms with Crippen molar-refractivity contribution < 1.29 is 14.2 Å². The molecule has 0 aromatic heterocycles. The van der Waals surface area contributed by atoms with Crippen LogP contribution in [-0.4, -0.2) is 27.4 Å². The SMILES string of the molecule is COc1ccc(C[C@@H]2COC[C@@H](Cc3ccc(OC)cc3)C2)cc1. The van der Waals surface area contributed by atoms with Crippen molar-refractivity contribution in [2.45, 2.75) is 19.3 Å². The number of ether oxygens (including phenoxy) is 3. The molecule has 0 unspecified atom stereocenters. The van der Waals surface area contributed by atoms with Gasteiger partial charge in [0, 0.05) is 13.2 Å². The third kappa shape index (κ3) is 4.51. The number of hydrogen-bond donors (Lipinski definition) is 0. The molecular weight excluding hydrogens is 300 g/mol. The largest absolute Gasteiger partial charge is 0.497 e. The average molecular weight is 326 g/mol. The van der Waals surface area contributed by atoms with Gasteiger partial charge in [-0.3, -0.25) is 0 Å². The predicted molar refractivity (Wildman–Crippen MR) is 95.8 cm³/mol. The van der Waals surface area contributed by atoms with Gasteiger partial charge in [0.25, 0.3) is 0 Å². The Balaban J connectivity index is 1.54. The normalized spacial score (nSPS) is 20.6. The first-order valence-corrected chi connectivity index (χ1v) is 8.60. The van der Waals surface area contributed by atoms with Gasteiger partial charge in [-0.15, -0.1) is 0 Å². The molecule has 0 aliphatic carbocycles. The topological polar surface area (TPSA) is 27.7 Å². The Morgan fingerprint density at radius 1 is 0.750 bits per heavy atom. The van der Waals surface area contributed by atoms with Crippen molar-refractivity contribution in [1.29, 1.82) is 0 Å². The van der Waals surface area contributed by atoms with Crippen LogP contribution in [0.15, 0.2) is 48.5 Å². The molecule has 3 heteroatoms. The first-order chi connectivity index (χ1) is 11.8. The zero-order valence-corrected chi connectivity index (χ0v) is 14.5. The number of rotatable bonds is 6. The lowest BCUT2D eigenvalue weighted by atomic mass is 9.85. The molecule has 0 amide bonds. The summed E-state index contributed by atoms with van der Waals surface area (Å²) in [6, 6.07) is 16.8. The number of hydrogen-bond acceptors (Lipinski definition) is 3. The van der Waals surface area contributed by atoms with Crippen molar-refractivity contribution in [2.75, 3.05) is 27.4 Å². The van der Waals surface area contributed by atoms with Crippen LogP contribution in [-0.2, 0) is 17.6 Å². The smallest absolute Gasteiger partial charge is 0.118 e. The lowest BCUT2D eigenvalue weighted by Crippen LogP contribution is -2.28. The molecule has 2 aromatic carbocycles. The fourth-order valence-electron chi connectivity index (χ4n) is 3.48. The fourth-order valence-corrected chi connectivity index (χ4v) is 3.48. The Labute approximate surface area is 144 Å². The Bertz CT molecular complexity index is 563. The summed E-state index contributed by atoms with van der Waals surface area (Å²) in [6.45, 7) is 1.73. The zero-order valence-electron chi connectivity index (χ0n) is 14.5. The molecule has 0 spiro atoms. The Kier molecular flexibility index (Phi) is 5.76. The molecule has 0 N–H and O–H groups in total. The molecule has 3 rings (SSSR count). The van der Waals surface area contributed by atoms with Crippen LogP contribution in [0, 0.1) is 11.8 Å². The zero-order chi connectivity index (χ0) is 16.8. The molecular formula is C21H26O3. The summed E-state index contributed by atoms with van der Waals surface area (Å²) < 4.78 is 16.3. The van der Waals surface area contributed by atoms with Gasteiger partial charge in [-0.05, 0) is 66.5 Å². The highest BCUT2D eigenvalue weighted by Crippen LogP contribution is 2.27. The minimum Gasteiger partial charge on any atom is -0.497 e. The van der Waals surface area contributed by atoms with Crippen LogP contribution in [0.25, 0.3) is 0 Å². The lowest BCUT2D eigenvalue weighted by molar-refractivity contribution is 0.0154. The molecule has 1 aliphatic rings. The number of benzene rings is 2. The average Bonchev–Trinajstić information content (AvgIpc) is 2.63. The molecule has 1 aliphatic heterocycles. The van der Waals surface area contributed by atoms with Crippen LogP contribution in [0.5, 0.6) is 11.5 Å². The van der Waals surface area contributed by atoms with Crippen molar-refractivity contribution in [1.82, 2.24) is 0 Å². The predicted octanol–water partition coefficient (Wildman–Crippen LogP) is 4.14. The molecule has 0 saturated carbocycles. The van der Waals surface area contributed by atoms with E-state index in [1.807, 2.05) is 24.3 Å². The molecule has 0 radical (unpaired) electrons. The van der Waals surface area contributed by atoms with Gasteiger partial charge in [0.05, 0.1) is 14.2 Å². The van der Waals surface area contributed by atoms with E-state index >= 15 is 0 Å². The Morgan fingerprint density at radius 3 is 1.54 bits per heavy atom. The Hall–Kier alpha value is -2.00. The van der Waals surface area contributed by atoms with Crippen molar-refractivity contribution in [3.05, 3.63) is 59.7 Å². The van der Waals surface area contributed by atoms with E-state index in [0.717, 1.165) is 37.6 Å². The van der Waals surface area contributed by atoms with Crippen molar-refractivity contribution in [3.8, 4) is 11.5 Å². The second-order valence-electron chi connectivity index (χ2n) is 6.61. The van der Waals surface area contributed by atoms with Crippen molar-refractivity contribution in [2.24, 2.45) is 11.8 Å². The first-order valence-electron chi connectivity index (χ1n) is 8.60. The molecule has 1 saturated heterocycles. The van der Waals surface area contributed by atoms with E-state index in [1.54, 1.807) is 14.2 Å². The van der Waals surface area contributed by atoms with Gasteiger partial charge in [-0.1, -0.05) is 24.3 Å². The van der Waals surface area contributed by atoms with Gasteiger partial charge in [0.2, 0.25) is 0 Å². The second kappa shape index (κ2) is 8.20. The summed E-state index contributed by atoms with van der Waals surface area (Å²) in [7, 11) is 3.40. The maximum atomic E-state index is 5.88. The van der Waals surface area contributed by atoms with E-state index in [-0.39, 0.29) is 0 Å². The summed E-state index contributed by atoms with van der Waals surface area (Å²) in [4.78, 5) is 0. The highest BCUT2D eigenvalue weighted by Gasteiger charge is 2.23. The first kappa shape index (κ1) is 16.8. The van der Waals surface area contributed by atoms with Gasteiger partial charge in [0.1, 0.15) is 11.5 Å². The minimum atomic E-state index is 0.593. The van der Waals surface area contributed by atoms with Gasteiger partial charge in [-0.2, -0.15) is 0 Å². The molecule has 0 bridgehead atoms. The van der Waals surface area contributed by atoms with Gasteiger partial charge in [0.15, 0.2) is 0 Å². The number of methoxy groups -OCH3 is 2. The van der Waals surface area contributed by atoms with Crippen LogP contribution >= 0.6 is 0 Å². The van der Waals surface area contributed by atoms with E-state index in [9.17, 15) is 0 Å². The maximum Gasteiger partial charge on any atom is 0.118 e. The van der Waals surface area contributed by atoms with Gasteiger partial charge < -0.3 is 14.2 Å².